The van der Waals surface area contributed by atoms with E-state index in [2.05, 4.69) is 6.92 Å². The van der Waals surface area contributed by atoms with Crippen LogP contribution in [0.4, 0.5) is 0 Å². The van der Waals surface area contributed by atoms with Crippen molar-refractivity contribution in [2.75, 3.05) is 5.75 Å². The van der Waals surface area contributed by atoms with Gasteiger partial charge in [0.05, 0.1) is 6.10 Å². The van der Waals surface area contributed by atoms with Gasteiger partial charge >= 0.3 is 29.6 Å². The summed E-state index contributed by atoms with van der Waals surface area (Å²) >= 11 is 0. The fourth-order valence-corrected chi connectivity index (χ4v) is 1.79. The topological polar surface area (TPSA) is 74.6 Å². The van der Waals surface area contributed by atoms with Crippen LogP contribution in [0.15, 0.2) is 0 Å². The van der Waals surface area contributed by atoms with Gasteiger partial charge in [0, 0.05) is 0 Å². The molecule has 1 atom stereocenters. The average molecular weight is 234 g/mol. The molecule has 0 spiro atoms. The molecule has 0 bridgehead atoms. The number of hydrogen-bond acceptors (Lipinski definition) is 3. The zero-order chi connectivity index (χ0) is 10.3. The number of hydrogen-bond donors (Lipinski definition) is 2. The summed E-state index contributed by atoms with van der Waals surface area (Å²) in [6.45, 7) is 2.08. The molecule has 14 heavy (non-hydrogen) atoms. The molecular weight excluding hydrogens is 215 g/mol. The maximum absolute atomic E-state index is 10.3. The van der Waals surface area contributed by atoms with Gasteiger partial charge in [-0.3, -0.25) is 4.55 Å². The van der Waals surface area contributed by atoms with Crippen molar-refractivity contribution in [2.24, 2.45) is 0 Å². The molecule has 1 unspecified atom stereocenters. The van der Waals surface area contributed by atoms with E-state index < -0.39 is 22.0 Å². The third-order valence-electron chi connectivity index (χ3n) is 1.79. The molecule has 4 nitrogen and oxygen atoms in total. The average Bonchev–Trinajstić information content (AvgIpc) is 1.94. The van der Waals surface area contributed by atoms with E-state index in [-0.39, 0.29) is 31.0 Å². The van der Waals surface area contributed by atoms with E-state index >= 15 is 0 Å². The SMILES string of the molecule is CCCCCCC(O)CS(=O)(=O)O.[H-].[Na+]. The monoisotopic (exact) mass is 234 g/mol. The Balaban J connectivity index is -0.000000720. The number of aliphatic hydroxyl groups excluding tert-OH is 1. The molecule has 0 saturated heterocycles. The first-order valence-electron chi connectivity index (χ1n) is 4.59. The summed E-state index contributed by atoms with van der Waals surface area (Å²) in [7, 11) is -4.02. The summed E-state index contributed by atoms with van der Waals surface area (Å²) in [6.07, 6.45) is 3.53. The van der Waals surface area contributed by atoms with Crippen LogP contribution < -0.4 is 29.6 Å². The van der Waals surface area contributed by atoms with Crippen LogP contribution in [0.25, 0.3) is 0 Å². The minimum Gasteiger partial charge on any atom is -1.00 e. The Labute approximate surface area is 110 Å². The van der Waals surface area contributed by atoms with Crippen LogP contribution in [0.1, 0.15) is 40.5 Å². The first-order valence-corrected chi connectivity index (χ1v) is 6.20. The second-order valence-electron chi connectivity index (χ2n) is 3.25. The third kappa shape index (κ3) is 12.9. The Hall–Kier alpha value is 0.870. The zero-order valence-electron chi connectivity index (χ0n) is 9.94. The van der Waals surface area contributed by atoms with Crippen LogP contribution >= 0.6 is 0 Å². The standard InChI is InChI=1S/C8H18O4S.Na.H/c1-2-3-4-5-6-8(9)7-13(10,11)12;;/h8-9H,2-7H2,1H3,(H,10,11,12);;/q;+1;-1. The summed E-state index contributed by atoms with van der Waals surface area (Å²) in [5.74, 6) is -0.543. The van der Waals surface area contributed by atoms with E-state index in [1.807, 2.05) is 0 Å². The molecular formula is C8H19NaO4S. The van der Waals surface area contributed by atoms with E-state index in [4.69, 9.17) is 9.66 Å². The second kappa shape index (κ2) is 9.12. The minimum absolute atomic E-state index is 0. The van der Waals surface area contributed by atoms with Crippen LogP contribution in [0, 0.1) is 0 Å². The molecule has 0 amide bonds. The van der Waals surface area contributed by atoms with E-state index in [9.17, 15) is 8.42 Å². The Morgan fingerprint density at radius 3 is 2.29 bits per heavy atom. The molecule has 0 rings (SSSR count). The fraction of sp³-hybridized carbons (Fsp3) is 1.00. The largest absolute Gasteiger partial charge is 1.00 e. The minimum atomic E-state index is -4.02. The predicted molar refractivity (Wildman–Crippen MR) is 52.3 cm³/mol. The van der Waals surface area contributed by atoms with Gasteiger partial charge in [-0.2, -0.15) is 8.42 Å². The van der Waals surface area contributed by atoms with Crippen LogP contribution in [-0.2, 0) is 10.1 Å². The molecule has 0 radical (unpaired) electrons. The summed E-state index contributed by atoms with van der Waals surface area (Å²) in [5.41, 5.74) is 0. The molecule has 0 aromatic heterocycles. The van der Waals surface area contributed by atoms with Crippen LogP contribution in [0.5, 0.6) is 0 Å². The van der Waals surface area contributed by atoms with Crippen LogP contribution in [0.3, 0.4) is 0 Å². The predicted octanol–water partition coefficient (Wildman–Crippen LogP) is -1.68. The van der Waals surface area contributed by atoms with Crippen molar-refractivity contribution in [2.45, 2.75) is 45.1 Å². The summed E-state index contributed by atoms with van der Waals surface area (Å²) in [6, 6.07) is 0. The first-order chi connectivity index (χ1) is 5.95. The molecule has 6 heteroatoms. The van der Waals surface area contributed by atoms with Crippen molar-refractivity contribution in [1.29, 1.82) is 0 Å². The van der Waals surface area contributed by atoms with Crippen LogP contribution in [-0.4, -0.2) is 29.9 Å². The van der Waals surface area contributed by atoms with Gasteiger partial charge in [0.1, 0.15) is 5.75 Å². The number of rotatable bonds is 7. The Morgan fingerprint density at radius 2 is 1.86 bits per heavy atom. The Bertz CT molecular complexity index is 221. The molecule has 2 N–H and O–H groups in total. The van der Waals surface area contributed by atoms with Crippen molar-refractivity contribution >= 4 is 10.1 Å². The summed E-state index contributed by atoms with van der Waals surface area (Å²) in [5, 5.41) is 9.14. The van der Waals surface area contributed by atoms with Gasteiger partial charge in [-0.15, -0.1) is 0 Å². The second-order valence-corrected chi connectivity index (χ2v) is 4.75. The number of aliphatic hydroxyl groups is 1. The molecule has 82 valence electrons. The van der Waals surface area contributed by atoms with Gasteiger partial charge in [-0.25, -0.2) is 0 Å². The van der Waals surface area contributed by atoms with E-state index in [1.54, 1.807) is 0 Å². The van der Waals surface area contributed by atoms with E-state index in [0.29, 0.717) is 6.42 Å². The Morgan fingerprint density at radius 1 is 1.29 bits per heavy atom. The van der Waals surface area contributed by atoms with Crippen molar-refractivity contribution in [3.63, 3.8) is 0 Å². The molecule has 0 aliphatic heterocycles. The van der Waals surface area contributed by atoms with Crippen LogP contribution in [0.2, 0.25) is 0 Å². The number of unbranched alkanes of at least 4 members (excludes halogenated alkanes) is 3. The van der Waals surface area contributed by atoms with E-state index in [1.165, 1.54) is 0 Å². The van der Waals surface area contributed by atoms with Gasteiger partial charge in [-0.1, -0.05) is 32.6 Å². The summed E-state index contributed by atoms with van der Waals surface area (Å²) in [4.78, 5) is 0. The maximum atomic E-state index is 10.3. The molecule has 0 aromatic rings. The van der Waals surface area contributed by atoms with Gasteiger partial charge < -0.3 is 6.53 Å². The van der Waals surface area contributed by atoms with Crippen molar-refractivity contribution in [3.8, 4) is 0 Å². The van der Waals surface area contributed by atoms with E-state index in [0.717, 1.165) is 25.7 Å². The van der Waals surface area contributed by atoms with Crippen molar-refractivity contribution in [1.82, 2.24) is 0 Å². The third-order valence-corrected chi connectivity index (χ3v) is 2.60. The molecule has 0 aliphatic rings. The molecule has 0 fully saturated rings. The van der Waals surface area contributed by atoms with Gasteiger partial charge in [0.2, 0.25) is 0 Å². The van der Waals surface area contributed by atoms with Crippen molar-refractivity contribution in [3.05, 3.63) is 0 Å². The summed E-state index contributed by atoms with van der Waals surface area (Å²) < 4.78 is 29.1. The maximum Gasteiger partial charge on any atom is 1.00 e. The molecule has 0 aromatic carbocycles. The van der Waals surface area contributed by atoms with Gasteiger partial charge in [0.25, 0.3) is 10.1 Å². The van der Waals surface area contributed by atoms with Gasteiger partial charge in [0.15, 0.2) is 0 Å². The Kier molecular flexibility index (Phi) is 11.3. The molecule has 0 saturated carbocycles. The zero-order valence-corrected chi connectivity index (χ0v) is 11.8. The van der Waals surface area contributed by atoms with Crippen molar-refractivity contribution < 1.29 is 49.1 Å². The normalized spacial score (nSPS) is 13.4. The molecule has 0 aliphatic carbocycles. The molecule has 0 heterocycles. The smallest absolute Gasteiger partial charge is 1.00 e. The fourth-order valence-electron chi connectivity index (χ4n) is 1.13. The quantitative estimate of drug-likeness (QED) is 0.313. The van der Waals surface area contributed by atoms with Gasteiger partial charge in [-0.05, 0) is 6.42 Å². The first kappa shape index (κ1) is 17.3.